The third-order valence-corrected chi connectivity index (χ3v) is 12.6. The van der Waals surface area contributed by atoms with Gasteiger partial charge >= 0.3 is 11.9 Å². The Hall–Kier alpha value is -7.72. The first-order chi connectivity index (χ1) is 36.4. The number of nitrogens with one attached hydrogen (secondary N) is 9. The highest BCUT2D eigenvalue weighted by Gasteiger charge is 2.36. The van der Waals surface area contributed by atoms with Crippen LogP contribution in [0.2, 0.25) is 0 Å². The second-order valence-corrected chi connectivity index (χ2v) is 18.9. The third kappa shape index (κ3) is 22.6. The number of aliphatic hydroxyl groups excluding tert-OH is 2. The van der Waals surface area contributed by atoms with E-state index in [9.17, 15) is 68.4 Å². The van der Waals surface area contributed by atoms with E-state index in [1.54, 1.807) is 65.0 Å². The van der Waals surface area contributed by atoms with Crippen molar-refractivity contribution in [1.29, 1.82) is 0 Å². The first-order valence-electron chi connectivity index (χ1n) is 25.3. The van der Waals surface area contributed by atoms with Crippen LogP contribution in [-0.2, 0) is 60.8 Å². The zero-order chi connectivity index (χ0) is 57.9. The Morgan fingerprint density at radius 2 is 1.06 bits per heavy atom. The summed E-state index contributed by atoms with van der Waals surface area (Å²) in [6.07, 6.45) is 1.98. The number of amides is 8. The maximum absolute atomic E-state index is 14.1. The molecule has 2 aromatic rings. The average Bonchev–Trinajstić information content (AvgIpc) is 3.91. The number of benzene rings is 1. The fourth-order valence-electron chi connectivity index (χ4n) is 7.44. The van der Waals surface area contributed by atoms with E-state index in [1.807, 2.05) is 6.92 Å². The number of carbonyl (C=O) groups is 10. The smallest absolute Gasteiger partial charge is 0.326 e. The highest BCUT2D eigenvalue weighted by atomic mass is 16.4. The van der Waals surface area contributed by atoms with Crippen LogP contribution in [0.25, 0.3) is 0 Å². The van der Waals surface area contributed by atoms with Gasteiger partial charge in [0.1, 0.15) is 48.3 Å². The molecule has 1 aromatic carbocycles. The molecule has 28 nitrogen and oxygen atoms in total. The second-order valence-electron chi connectivity index (χ2n) is 18.9. The Morgan fingerprint density at radius 1 is 0.597 bits per heavy atom. The fourth-order valence-corrected chi connectivity index (χ4v) is 7.44. The summed E-state index contributed by atoms with van der Waals surface area (Å²) in [7, 11) is 0. The lowest BCUT2D eigenvalue weighted by molar-refractivity contribution is -0.144. The van der Waals surface area contributed by atoms with Crippen LogP contribution in [-0.4, -0.2) is 170 Å². The number of carbonyl (C=O) groups excluding carboxylic acids is 8. The molecule has 0 saturated carbocycles. The molecule has 0 aliphatic heterocycles. The molecule has 0 bridgehead atoms. The second kappa shape index (κ2) is 33.3. The Labute approximate surface area is 446 Å². The Morgan fingerprint density at radius 3 is 1.55 bits per heavy atom. The molecule has 11 atom stereocenters. The van der Waals surface area contributed by atoms with Gasteiger partial charge in [-0.05, 0) is 42.6 Å². The highest BCUT2D eigenvalue weighted by Crippen LogP contribution is 2.13. The summed E-state index contributed by atoms with van der Waals surface area (Å²) < 4.78 is 0. The van der Waals surface area contributed by atoms with Gasteiger partial charge in [0.05, 0.1) is 25.6 Å². The number of H-pyrrole nitrogens is 1. The molecule has 19 N–H and O–H groups in total. The van der Waals surface area contributed by atoms with E-state index < -0.39 is 151 Å². The zero-order valence-electron chi connectivity index (χ0n) is 44.2. The lowest BCUT2D eigenvalue weighted by Crippen LogP contribution is -2.62. The summed E-state index contributed by atoms with van der Waals surface area (Å²) >= 11 is 0. The van der Waals surface area contributed by atoms with Crippen LogP contribution in [0.5, 0.6) is 0 Å². The number of carboxylic acids is 2. The summed E-state index contributed by atoms with van der Waals surface area (Å²) in [5.74, 6) is -12.0. The molecule has 0 aliphatic carbocycles. The van der Waals surface area contributed by atoms with E-state index in [4.69, 9.17) is 17.2 Å². The molecule has 0 spiro atoms. The molecular weight excluding hydrogens is 1010 g/mol. The number of aliphatic hydroxyl groups is 2. The molecule has 0 radical (unpaired) electrons. The maximum atomic E-state index is 14.1. The van der Waals surface area contributed by atoms with Crippen LogP contribution in [0, 0.1) is 17.8 Å². The predicted molar refractivity (Wildman–Crippen MR) is 278 cm³/mol. The van der Waals surface area contributed by atoms with E-state index in [1.165, 1.54) is 12.5 Å². The van der Waals surface area contributed by atoms with E-state index in [-0.39, 0.29) is 44.1 Å². The number of nitrogens with zero attached hydrogens (tertiary/aromatic N) is 2. The van der Waals surface area contributed by atoms with Crippen molar-refractivity contribution in [2.45, 2.75) is 147 Å². The van der Waals surface area contributed by atoms with E-state index in [0.717, 1.165) is 0 Å². The van der Waals surface area contributed by atoms with Crippen LogP contribution in [0.1, 0.15) is 91.3 Å². The number of aromatic amines is 1. The third-order valence-electron chi connectivity index (χ3n) is 12.6. The number of nitrogens with two attached hydrogens (primary N) is 3. The van der Waals surface area contributed by atoms with Crippen molar-refractivity contribution >= 4 is 65.2 Å². The molecule has 2 rings (SSSR count). The number of aliphatic imine (C=N–C) groups is 1. The SMILES string of the molecule is CC[C@H](C)[C@H](N)C(=O)N[C@H](C(=O)N[C@@H](CCC(=O)O)C(=O)N[C@@H](CO)C(=O)N[C@@H](Cc1ccccc1)C(=O)N[C@@H](CO)C(=O)N[C@@H](CCCN=C(N)N)C(=O)N[C@@H](Cc1cnc[nH]1)C(=O)N[C@H](C(=O)O)[C@@H](C)CC)C(C)C. The molecular formula is C49H78N14O14. The van der Waals surface area contributed by atoms with Gasteiger partial charge in [0.2, 0.25) is 47.3 Å². The fraction of sp³-hybridized carbons (Fsp3) is 0.592. The number of guanidine groups is 1. The minimum absolute atomic E-state index is 0.0182. The van der Waals surface area contributed by atoms with Gasteiger partial charge in [-0.3, -0.25) is 48.1 Å². The molecule has 28 heteroatoms. The quantitative estimate of drug-likeness (QED) is 0.0178. The van der Waals surface area contributed by atoms with Gasteiger partial charge in [0.15, 0.2) is 5.96 Å². The van der Waals surface area contributed by atoms with E-state index in [0.29, 0.717) is 24.1 Å². The standard InChI is InChI=1S/C49H78N14O14/c1-7-26(5)37(50)46(74)62-38(25(3)4)47(75)57-31(16-17-36(66)67)41(69)60-35(23-65)45(73)58-32(19-28-13-10-9-11-14-28)42(70)61-34(22-64)44(72)56-30(15-12-18-54-49(51)52)40(68)59-33(20-29-21-53-24-55-29)43(71)63-39(48(76)77)27(6)8-2/h9-11,13-14,21,24-27,30-35,37-39,64-65H,7-8,12,15-20,22-23,50H2,1-6H3,(H,53,55)(H,56,72)(H,57,75)(H,58,73)(H,59,68)(H,60,69)(H,61,70)(H,62,74)(H,63,71)(H,66,67)(H,76,77)(H4,51,52,54)/t26-,27-,30-,31-,32-,33-,34-,35-,37-,38-,39-/m0/s1. The molecule has 0 fully saturated rings. The molecule has 428 valence electrons. The highest BCUT2D eigenvalue weighted by molar-refractivity contribution is 5.98. The first-order valence-corrected chi connectivity index (χ1v) is 25.3. The zero-order valence-corrected chi connectivity index (χ0v) is 44.2. The van der Waals surface area contributed by atoms with Crippen LogP contribution >= 0.6 is 0 Å². The van der Waals surface area contributed by atoms with Crippen LogP contribution in [0.3, 0.4) is 0 Å². The largest absolute Gasteiger partial charge is 0.481 e. The monoisotopic (exact) mass is 1090 g/mol. The minimum Gasteiger partial charge on any atom is -0.481 e. The molecule has 0 unspecified atom stereocenters. The number of aromatic nitrogens is 2. The Balaban J connectivity index is 2.42. The van der Waals surface area contributed by atoms with Crippen molar-refractivity contribution in [1.82, 2.24) is 52.5 Å². The van der Waals surface area contributed by atoms with Gasteiger partial charge in [-0.2, -0.15) is 0 Å². The molecule has 1 heterocycles. The van der Waals surface area contributed by atoms with Crippen molar-refractivity contribution < 1.29 is 68.4 Å². The van der Waals surface area contributed by atoms with Crippen molar-refractivity contribution in [2.24, 2.45) is 39.9 Å². The lowest BCUT2D eigenvalue weighted by Gasteiger charge is -2.28. The normalized spacial score (nSPS) is 15.4. The Bertz CT molecular complexity index is 2300. The van der Waals surface area contributed by atoms with Gasteiger partial charge in [-0.1, -0.05) is 84.7 Å². The number of imidazole rings is 1. The molecule has 0 aliphatic rings. The number of aliphatic carboxylic acids is 2. The number of carboxylic acid groups (broad SMARTS) is 2. The van der Waals surface area contributed by atoms with Gasteiger partial charge in [-0.25, -0.2) is 9.78 Å². The van der Waals surface area contributed by atoms with Crippen molar-refractivity contribution in [3.63, 3.8) is 0 Å². The molecule has 0 saturated heterocycles. The first kappa shape index (κ1) is 65.4. The van der Waals surface area contributed by atoms with Crippen molar-refractivity contribution in [2.75, 3.05) is 19.8 Å². The summed E-state index contributed by atoms with van der Waals surface area (Å²) in [6.45, 7) is 8.02. The molecule has 8 amide bonds. The van der Waals surface area contributed by atoms with Crippen LogP contribution in [0.4, 0.5) is 0 Å². The minimum atomic E-state index is -1.83. The van der Waals surface area contributed by atoms with Crippen LogP contribution in [0.15, 0.2) is 47.8 Å². The van der Waals surface area contributed by atoms with Crippen molar-refractivity contribution in [3.05, 3.63) is 54.1 Å². The number of rotatable bonds is 35. The van der Waals surface area contributed by atoms with Gasteiger partial charge in [-0.15, -0.1) is 0 Å². The topological polar surface area (TPSA) is 467 Å². The summed E-state index contributed by atoms with van der Waals surface area (Å²) in [6, 6.07) is -5.14. The number of hydrogen-bond donors (Lipinski definition) is 16. The van der Waals surface area contributed by atoms with E-state index >= 15 is 0 Å². The molecule has 1 aromatic heterocycles. The van der Waals surface area contributed by atoms with E-state index in [2.05, 4.69) is 57.5 Å². The summed E-state index contributed by atoms with van der Waals surface area (Å²) in [5, 5.41) is 59.7. The van der Waals surface area contributed by atoms with Gasteiger partial charge in [0.25, 0.3) is 0 Å². The lowest BCUT2D eigenvalue weighted by atomic mass is 9.97. The number of hydrogen-bond acceptors (Lipinski definition) is 15. The van der Waals surface area contributed by atoms with Gasteiger partial charge in [0, 0.05) is 37.7 Å². The maximum Gasteiger partial charge on any atom is 0.326 e. The molecule has 77 heavy (non-hydrogen) atoms. The summed E-state index contributed by atoms with van der Waals surface area (Å²) in [4.78, 5) is 144. The average molecular weight is 1090 g/mol. The predicted octanol–water partition coefficient (Wildman–Crippen LogP) is -3.86. The van der Waals surface area contributed by atoms with Crippen LogP contribution < -0.4 is 59.7 Å². The summed E-state index contributed by atoms with van der Waals surface area (Å²) in [5.41, 5.74) is 17.9. The Kier molecular flexibility index (Phi) is 28.3. The van der Waals surface area contributed by atoms with Crippen molar-refractivity contribution in [3.8, 4) is 0 Å². The van der Waals surface area contributed by atoms with Gasteiger partial charge < -0.3 is 85.1 Å².